The summed E-state index contributed by atoms with van der Waals surface area (Å²) < 4.78 is 0. The predicted octanol–water partition coefficient (Wildman–Crippen LogP) is 2.14. The molecule has 0 fully saturated rings. The number of carboxylic acids is 1. The van der Waals surface area contributed by atoms with Crippen molar-refractivity contribution in [1.82, 2.24) is 5.32 Å². The third-order valence-corrected chi connectivity index (χ3v) is 2.53. The van der Waals surface area contributed by atoms with Gasteiger partial charge in [-0.2, -0.15) is 0 Å². The van der Waals surface area contributed by atoms with E-state index in [0.717, 1.165) is 5.57 Å². The molecule has 1 aromatic rings. The molecule has 1 amide bonds. The minimum absolute atomic E-state index is 0.0644. The van der Waals surface area contributed by atoms with Crippen LogP contribution in [0.2, 0.25) is 5.02 Å². The summed E-state index contributed by atoms with van der Waals surface area (Å²) in [7, 11) is 0. The first-order valence-corrected chi connectivity index (χ1v) is 5.95. The van der Waals surface area contributed by atoms with Gasteiger partial charge in [-0.05, 0) is 25.1 Å². The molecule has 0 radical (unpaired) electrons. The van der Waals surface area contributed by atoms with Gasteiger partial charge < -0.3 is 15.7 Å². The van der Waals surface area contributed by atoms with Crippen LogP contribution in [0.1, 0.15) is 17.3 Å². The van der Waals surface area contributed by atoms with E-state index in [4.69, 9.17) is 16.7 Å². The number of carbonyl (C=O) groups excluding carboxylic acids is 1. The van der Waals surface area contributed by atoms with Crippen molar-refractivity contribution >= 4 is 29.2 Å². The summed E-state index contributed by atoms with van der Waals surface area (Å²) in [6.07, 6.45) is 0. The monoisotopic (exact) mass is 282 g/mol. The summed E-state index contributed by atoms with van der Waals surface area (Å²) in [5, 5.41) is 14.6. The van der Waals surface area contributed by atoms with Crippen LogP contribution in [-0.2, 0) is 4.79 Å². The molecule has 0 spiro atoms. The van der Waals surface area contributed by atoms with E-state index in [1.165, 1.54) is 18.2 Å². The number of benzene rings is 1. The predicted molar refractivity (Wildman–Crippen MR) is 74.7 cm³/mol. The Labute approximate surface area is 116 Å². The Morgan fingerprint density at radius 1 is 1.37 bits per heavy atom. The number of carboxylic acid groups (broad SMARTS) is 1. The summed E-state index contributed by atoms with van der Waals surface area (Å²) in [6, 6.07) is 4.13. The molecule has 1 aromatic carbocycles. The Bertz CT molecular complexity index is 515. The molecule has 0 aromatic heterocycles. The van der Waals surface area contributed by atoms with Gasteiger partial charge in [-0.25, -0.2) is 4.79 Å². The van der Waals surface area contributed by atoms with Crippen molar-refractivity contribution in [2.24, 2.45) is 0 Å². The molecule has 0 aliphatic heterocycles. The second kappa shape index (κ2) is 6.92. The van der Waals surface area contributed by atoms with Crippen molar-refractivity contribution in [3.63, 3.8) is 0 Å². The maximum atomic E-state index is 11.6. The van der Waals surface area contributed by atoms with E-state index in [0.29, 0.717) is 11.6 Å². The van der Waals surface area contributed by atoms with Crippen LogP contribution in [0.25, 0.3) is 0 Å². The zero-order chi connectivity index (χ0) is 14.4. The van der Waals surface area contributed by atoms with Crippen molar-refractivity contribution in [3.8, 4) is 0 Å². The number of halogens is 1. The quantitative estimate of drug-likeness (QED) is 0.699. The van der Waals surface area contributed by atoms with Crippen LogP contribution in [0.3, 0.4) is 0 Å². The fourth-order valence-electron chi connectivity index (χ4n) is 1.34. The van der Waals surface area contributed by atoms with E-state index in [1.54, 1.807) is 0 Å². The topological polar surface area (TPSA) is 78.4 Å². The molecular weight excluding hydrogens is 268 g/mol. The van der Waals surface area contributed by atoms with Gasteiger partial charge in [-0.1, -0.05) is 23.8 Å². The average molecular weight is 283 g/mol. The molecule has 0 heterocycles. The van der Waals surface area contributed by atoms with Gasteiger partial charge in [0, 0.05) is 6.54 Å². The molecule has 6 heteroatoms. The zero-order valence-electron chi connectivity index (χ0n) is 10.5. The number of hydrogen-bond donors (Lipinski definition) is 3. The van der Waals surface area contributed by atoms with Gasteiger partial charge in [-0.3, -0.25) is 4.79 Å². The molecule has 5 nitrogen and oxygen atoms in total. The highest BCUT2D eigenvalue weighted by Gasteiger charge is 2.09. The number of rotatable bonds is 6. The van der Waals surface area contributed by atoms with Crippen LogP contribution >= 0.6 is 11.6 Å². The Morgan fingerprint density at radius 2 is 2.05 bits per heavy atom. The van der Waals surface area contributed by atoms with E-state index >= 15 is 0 Å². The summed E-state index contributed by atoms with van der Waals surface area (Å²) in [6.45, 7) is 6.18. The van der Waals surface area contributed by atoms with E-state index in [2.05, 4.69) is 17.2 Å². The fourth-order valence-corrected chi connectivity index (χ4v) is 1.50. The van der Waals surface area contributed by atoms with Gasteiger partial charge in [-0.15, -0.1) is 0 Å². The number of amides is 1. The van der Waals surface area contributed by atoms with Gasteiger partial charge in [0.25, 0.3) is 0 Å². The lowest BCUT2D eigenvalue weighted by atomic mass is 10.2. The first-order chi connectivity index (χ1) is 8.90. The van der Waals surface area contributed by atoms with Crippen LogP contribution in [-0.4, -0.2) is 30.1 Å². The van der Waals surface area contributed by atoms with E-state index in [9.17, 15) is 9.59 Å². The molecule has 0 saturated heterocycles. The van der Waals surface area contributed by atoms with Crippen LogP contribution in [0, 0.1) is 0 Å². The van der Waals surface area contributed by atoms with Crippen molar-refractivity contribution in [2.45, 2.75) is 6.92 Å². The van der Waals surface area contributed by atoms with Crippen molar-refractivity contribution in [1.29, 1.82) is 0 Å². The zero-order valence-corrected chi connectivity index (χ0v) is 11.3. The standard InChI is InChI=1S/C13H15ClN2O3/c1-8(2)6-15-7-12(17)16-11-5-9(13(18)19)3-4-10(11)14/h3-5,15H,1,6-7H2,2H3,(H,16,17)(H,18,19). The number of carbonyl (C=O) groups is 2. The van der Waals surface area contributed by atoms with Gasteiger partial charge >= 0.3 is 5.97 Å². The Balaban J connectivity index is 2.65. The van der Waals surface area contributed by atoms with Crippen molar-refractivity contribution in [2.75, 3.05) is 18.4 Å². The van der Waals surface area contributed by atoms with Crippen LogP contribution in [0.4, 0.5) is 5.69 Å². The molecule has 0 saturated carbocycles. The largest absolute Gasteiger partial charge is 0.478 e. The summed E-state index contributed by atoms with van der Waals surface area (Å²) in [5.74, 6) is -1.38. The SMILES string of the molecule is C=C(C)CNCC(=O)Nc1cc(C(=O)O)ccc1Cl. The lowest BCUT2D eigenvalue weighted by Gasteiger charge is -2.09. The van der Waals surface area contributed by atoms with Crippen molar-refractivity contribution in [3.05, 3.63) is 40.9 Å². The maximum absolute atomic E-state index is 11.6. The second-order valence-electron chi connectivity index (χ2n) is 4.11. The fraction of sp³-hybridized carbons (Fsp3) is 0.231. The summed E-state index contributed by atoms with van der Waals surface area (Å²) >= 11 is 5.89. The summed E-state index contributed by atoms with van der Waals surface area (Å²) in [5.41, 5.74) is 1.26. The molecular formula is C13H15ClN2O3. The molecule has 102 valence electrons. The Morgan fingerprint density at radius 3 is 2.63 bits per heavy atom. The lowest BCUT2D eigenvalue weighted by molar-refractivity contribution is -0.115. The second-order valence-corrected chi connectivity index (χ2v) is 4.52. The smallest absolute Gasteiger partial charge is 0.335 e. The number of nitrogens with one attached hydrogen (secondary N) is 2. The minimum atomic E-state index is -1.08. The molecule has 0 unspecified atom stereocenters. The van der Waals surface area contributed by atoms with E-state index in [1.807, 2.05) is 6.92 Å². The highest BCUT2D eigenvalue weighted by Crippen LogP contribution is 2.22. The number of anilines is 1. The summed E-state index contributed by atoms with van der Waals surface area (Å²) in [4.78, 5) is 22.4. The molecule has 0 aliphatic carbocycles. The highest BCUT2D eigenvalue weighted by molar-refractivity contribution is 6.33. The number of aromatic carboxylic acids is 1. The third kappa shape index (κ3) is 5.11. The first-order valence-electron chi connectivity index (χ1n) is 5.58. The molecule has 19 heavy (non-hydrogen) atoms. The third-order valence-electron chi connectivity index (χ3n) is 2.20. The first kappa shape index (κ1) is 15.2. The lowest BCUT2D eigenvalue weighted by Crippen LogP contribution is -2.29. The highest BCUT2D eigenvalue weighted by atomic mass is 35.5. The van der Waals surface area contributed by atoms with Gasteiger partial charge in [0.05, 0.1) is 22.8 Å². The van der Waals surface area contributed by atoms with Gasteiger partial charge in [0.1, 0.15) is 0 Å². The Kier molecular flexibility index (Phi) is 5.54. The van der Waals surface area contributed by atoms with E-state index in [-0.39, 0.29) is 23.7 Å². The molecule has 0 aliphatic rings. The van der Waals surface area contributed by atoms with Crippen LogP contribution in [0.5, 0.6) is 0 Å². The van der Waals surface area contributed by atoms with E-state index < -0.39 is 5.97 Å². The minimum Gasteiger partial charge on any atom is -0.478 e. The van der Waals surface area contributed by atoms with Crippen LogP contribution in [0.15, 0.2) is 30.4 Å². The Hall–Kier alpha value is -1.85. The normalized spacial score (nSPS) is 10.0. The maximum Gasteiger partial charge on any atom is 0.335 e. The molecule has 3 N–H and O–H groups in total. The number of hydrogen-bond acceptors (Lipinski definition) is 3. The van der Waals surface area contributed by atoms with Crippen molar-refractivity contribution < 1.29 is 14.7 Å². The van der Waals surface area contributed by atoms with Crippen LogP contribution < -0.4 is 10.6 Å². The van der Waals surface area contributed by atoms with Gasteiger partial charge in [0.2, 0.25) is 5.91 Å². The average Bonchev–Trinajstić information content (AvgIpc) is 2.31. The molecule has 0 bridgehead atoms. The molecule has 1 rings (SSSR count). The van der Waals surface area contributed by atoms with Gasteiger partial charge in [0.15, 0.2) is 0 Å². The molecule has 0 atom stereocenters.